The summed E-state index contributed by atoms with van der Waals surface area (Å²) in [5.41, 5.74) is 7.60. The number of rotatable bonds is 15. The van der Waals surface area contributed by atoms with E-state index in [0.29, 0.717) is 48.5 Å². The van der Waals surface area contributed by atoms with Crippen LogP contribution in [0.1, 0.15) is 17.2 Å². The highest BCUT2D eigenvalue weighted by molar-refractivity contribution is 8.00. The Kier molecular flexibility index (Phi) is 11.0. The van der Waals surface area contributed by atoms with Crippen molar-refractivity contribution in [2.75, 3.05) is 72.7 Å². The second-order valence-corrected chi connectivity index (χ2v) is 10.6. The van der Waals surface area contributed by atoms with Gasteiger partial charge in [0.25, 0.3) is 0 Å². The number of carbonyl (C=O) groups excluding carboxylic acids is 1. The maximum Gasteiger partial charge on any atom is 0.244 e. The van der Waals surface area contributed by atoms with Crippen molar-refractivity contribution in [2.45, 2.75) is 16.6 Å². The van der Waals surface area contributed by atoms with Gasteiger partial charge < -0.3 is 34.3 Å². The number of amides is 1. The first-order chi connectivity index (χ1) is 20.0. The number of methoxy groups -OCH3 is 3. The molecule has 4 rings (SSSR count). The lowest BCUT2D eigenvalue weighted by molar-refractivity contribution is -0.118. The molecule has 0 radical (unpaired) electrons. The lowest BCUT2D eigenvalue weighted by atomic mass is 10.1. The van der Waals surface area contributed by atoms with E-state index in [1.54, 1.807) is 26.2 Å². The Bertz CT molecular complexity index is 1310. The van der Waals surface area contributed by atoms with Gasteiger partial charge in [0.1, 0.15) is 29.1 Å². The summed E-state index contributed by atoms with van der Waals surface area (Å²) in [7, 11) is 6.65. The van der Waals surface area contributed by atoms with Gasteiger partial charge in [-0.1, -0.05) is 12.1 Å². The minimum atomic E-state index is -0.428. The van der Waals surface area contributed by atoms with Crippen molar-refractivity contribution in [3.8, 4) is 28.7 Å². The number of hydrogen-bond donors (Lipinski definition) is 1. The summed E-state index contributed by atoms with van der Waals surface area (Å²) in [5, 5.41) is -0.428. The summed E-state index contributed by atoms with van der Waals surface area (Å²) < 4.78 is 28.3. The number of hydrogen-bond acceptors (Lipinski definition) is 9. The van der Waals surface area contributed by atoms with Crippen molar-refractivity contribution in [2.24, 2.45) is 5.73 Å². The molecule has 0 aromatic heterocycles. The molecule has 0 saturated heterocycles. The van der Waals surface area contributed by atoms with Crippen molar-refractivity contribution < 1.29 is 28.5 Å². The van der Waals surface area contributed by atoms with Crippen molar-refractivity contribution in [1.82, 2.24) is 4.90 Å². The molecule has 3 aromatic rings. The van der Waals surface area contributed by atoms with Gasteiger partial charge in [-0.25, -0.2) is 0 Å². The van der Waals surface area contributed by atoms with Crippen LogP contribution >= 0.6 is 11.8 Å². The molecule has 1 heterocycles. The Morgan fingerprint density at radius 3 is 2.34 bits per heavy atom. The zero-order chi connectivity index (χ0) is 29.2. The number of likely N-dealkylation sites (N-methyl/N-ethyl adjacent to an activating group) is 1. The molecule has 10 heteroatoms. The van der Waals surface area contributed by atoms with Crippen LogP contribution in [-0.2, 0) is 4.79 Å². The SMILES string of the molecule is COc1ccc(OCCCN(CCN)CCOc2ccc(OC)c(OC)c2)c(C2Sc3ccccc3N(C)C2=O)c1. The predicted octanol–water partition coefficient (Wildman–Crippen LogP) is 4.63. The van der Waals surface area contributed by atoms with Crippen molar-refractivity contribution in [3.63, 3.8) is 0 Å². The average molecular weight is 582 g/mol. The molecule has 3 aromatic carbocycles. The number of fused-ring (bicyclic) bond motifs is 1. The third-order valence-corrected chi connectivity index (χ3v) is 8.17. The van der Waals surface area contributed by atoms with Crippen LogP contribution in [-0.4, -0.2) is 78.6 Å². The number of nitrogens with zero attached hydrogens (tertiary/aromatic N) is 2. The molecule has 0 bridgehead atoms. The Morgan fingerprint density at radius 2 is 1.59 bits per heavy atom. The Labute approximate surface area is 246 Å². The van der Waals surface area contributed by atoms with Gasteiger partial charge in [0, 0.05) is 49.8 Å². The first-order valence-corrected chi connectivity index (χ1v) is 14.5. The monoisotopic (exact) mass is 581 g/mol. The van der Waals surface area contributed by atoms with Gasteiger partial charge in [-0.3, -0.25) is 9.69 Å². The quantitative estimate of drug-likeness (QED) is 0.258. The summed E-state index contributed by atoms with van der Waals surface area (Å²) in [6.45, 7) is 3.82. The van der Waals surface area contributed by atoms with E-state index < -0.39 is 5.25 Å². The summed E-state index contributed by atoms with van der Waals surface area (Å²) >= 11 is 1.54. The van der Waals surface area contributed by atoms with Crippen molar-refractivity contribution >= 4 is 23.4 Å². The molecule has 0 saturated carbocycles. The van der Waals surface area contributed by atoms with E-state index in [0.717, 1.165) is 42.2 Å². The summed E-state index contributed by atoms with van der Waals surface area (Å²) in [4.78, 5) is 18.4. The summed E-state index contributed by atoms with van der Waals surface area (Å²) in [6.07, 6.45) is 0.788. The Morgan fingerprint density at radius 1 is 0.829 bits per heavy atom. The van der Waals surface area contributed by atoms with E-state index in [1.165, 1.54) is 11.8 Å². The van der Waals surface area contributed by atoms with Crippen LogP contribution in [0.15, 0.2) is 65.6 Å². The van der Waals surface area contributed by atoms with Crippen molar-refractivity contribution in [3.05, 3.63) is 66.2 Å². The van der Waals surface area contributed by atoms with Gasteiger partial charge in [0.2, 0.25) is 5.91 Å². The topological polar surface area (TPSA) is 95.7 Å². The summed E-state index contributed by atoms with van der Waals surface area (Å²) in [6, 6.07) is 19.1. The first kappa shape index (κ1) is 30.4. The second kappa shape index (κ2) is 14.9. The number of para-hydroxylation sites is 1. The van der Waals surface area contributed by atoms with E-state index in [-0.39, 0.29) is 5.91 Å². The van der Waals surface area contributed by atoms with Crippen LogP contribution in [0.5, 0.6) is 28.7 Å². The van der Waals surface area contributed by atoms with Gasteiger partial charge in [-0.2, -0.15) is 0 Å². The first-order valence-electron chi connectivity index (χ1n) is 13.6. The molecule has 41 heavy (non-hydrogen) atoms. The van der Waals surface area contributed by atoms with E-state index >= 15 is 0 Å². The zero-order valence-corrected chi connectivity index (χ0v) is 24.9. The molecule has 220 valence electrons. The molecule has 0 aliphatic carbocycles. The van der Waals surface area contributed by atoms with E-state index in [2.05, 4.69) is 4.90 Å². The highest BCUT2D eigenvalue weighted by Crippen LogP contribution is 2.48. The Balaban J connectivity index is 1.34. The normalized spacial score (nSPS) is 14.5. The highest BCUT2D eigenvalue weighted by atomic mass is 32.2. The summed E-state index contributed by atoms with van der Waals surface area (Å²) in [5.74, 6) is 3.39. The number of ether oxygens (including phenoxy) is 5. The van der Waals surface area contributed by atoms with Crippen LogP contribution in [0.3, 0.4) is 0 Å². The minimum Gasteiger partial charge on any atom is -0.497 e. The molecule has 1 aliphatic heterocycles. The van der Waals surface area contributed by atoms with Crippen LogP contribution in [0.25, 0.3) is 0 Å². The lowest BCUT2D eigenvalue weighted by Crippen LogP contribution is -2.34. The molecular formula is C31H39N3O6S. The predicted molar refractivity (Wildman–Crippen MR) is 162 cm³/mol. The van der Waals surface area contributed by atoms with Gasteiger partial charge in [0.05, 0.1) is 33.6 Å². The largest absolute Gasteiger partial charge is 0.497 e. The third-order valence-electron chi connectivity index (χ3n) is 6.88. The molecule has 1 amide bonds. The maximum atomic E-state index is 13.4. The van der Waals surface area contributed by atoms with Gasteiger partial charge in [-0.05, 0) is 48.9 Å². The standard InChI is InChI=1S/C31H39N3O6S/c1-33-25-8-5-6-9-29(25)41-30(31(33)35)24-20-22(36-2)10-12-26(24)40-18-7-15-34(16-14-32)17-19-39-23-11-13-27(37-3)28(21-23)38-4/h5-6,8-13,20-21,30H,7,14-19,32H2,1-4H3. The van der Waals surface area contributed by atoms with Crippen LogP contribution < -0.4 is 34.3 Å². The number of thioether (sulfide) groups is 1. The molecule has 1 unspecified atom stereocenters. The van der Waals surface area contributed by atoms with E-state index in [4.69, 9.17) is 29.4 Å². The number of benzene rings is 3. The second-order valence-electron chi connectivity index (χ2n) is 9.46. The van der Waals surface area contributed by atoms with Gasteiger partial charge in [-0.15, -0.1) is 11.8 Å². The van der Waals surface area contributed by atoms with E-state index in [9.17, 15) is 4.79 Å². The molecule has 1 atom stereocenters. The smallest absolute Gasteiger partial charge is 0.244 e. The van der Waals surface area contributed by atoms with Gasteiger partial charge >= 0.3 is 0 Å². The maximum absolute atomic E-state index is 13.4. The fourth-order valence-corrected chi connectivity index (χ4v) is 5.99. The molecule has 2 N–H and O–H groups in total. The molecule has 9 nitrogen and oxygen atoms in total. The van der Waals surface area contributed by atoms with Crippen LogP contribution in [0.4, 0.5) is 5.69 Å². The van der Waals surface area contributed by atoms with Gasteiger partial charge in [0.15, 0.2) is 11.5 Å². The number of carbonyl (C=O) groups is 1. The molecule has 1 aliphatic rings. The minimum absolute atomic E-state index is 0.00963. The number of nitrogens with two attached hydrogens (primary N) is 1. The molecular weight excluding hydrogens is 542 g/mol. The lowest BCUT2D eigenvalue weighted by Gasteiger charge is -2.32. The van der Waals surface area contributed by atoms with Crippen LogP contribution in [0, 0.1) is 0 Å². The molecule has 0 fully saturated rings. The fourth-order valence-electron chi connectivity index (χ4n) is 4.68. The molecule has 0 spiro atoms. The zero-order valence-electron chi connectivity index (χ0n) is 24.1. The van der Waals surface area contributed by atoms with Crippen LogP contribution in [0.2, 0.25) is 0 Å². The number of anilines is 1. The fraction of sp³-hybridized carbons (Fsp3) is 0.387. The average Bonchev–Trinajstić information content (AvgIpc) is 3.01. The third kappa shape index (κ3) is 7.58. The van der Waals surface area contributed by atoms with Crippen molar-refractivity contribution in [1.29, 1.82) is 0 Å². The van der Waals surface area contributed by atoms with E-state index in [1.807, 2.05) is 67.7 Å². The Hall–Kier alpha value is -3.60. The highest BCUT2D eigenvalue weighted by Gasteiger charge is 2.34.